The van der Waals surface area contributed by atoms with E-state index in [1.807, 2.05) is 13.0 Å². The summed E-state index contributed by atoms with van der Waals surface area (Å²) >= 11 is 0. The summed E-state index contributed by atoms with van der Waals surface area (Å²) < 4.78 is 0. The second-order valence-electron chi connectivity index (χ2n) is 4.05. The minimum absolute atomic E-state index is 0.811. The number of aromatic nitrogens is 2. The van der Waals surface area contributed by atoms with Crippen molar-refractivity contribution in [3.8, 4) is 0 Å². The lowest BCUT2D eigenvalue weighted by molar-refractivity contribution is 0.658. The predicted octanol–water partition coefficient (Wildman–Crippen LogP) is 1.34. The van der Waals surface area contributed by atoms with Crippen molar-refractivity contribution in [1.29, 1.82) is 0 Å². The van der Waals surface area contributed by atoms with Crippen LogP contribution in [0.25, 0.3) is 0 Å². The van der Waals surface area contributed by atoms with Crippen LogP contribution < -0.4 is 10.6 Å². The third kappa shape index (κ3) is 3.83. The first-order chi connectivity index (χ1) is 7.34. The minimum Gasteiger partial charge on any atom is -0.370 e. The summed E-state index contributed by atoms with van der Waals surface area (Å²) in [6, 6.07) is 2.78. The van der Waals surface area contributed by atoms with E-state index in [9.17, 15) is 0 Å². The van der Waals surface area contributed by atoms with Gasteiger partial charge in [0.25, 0.3) is 0 Å². The molecule has 0 unspecified atom stereocenters. The van der Waals surface area contributed by atoms with Gasteiger partial charge in [0.1, 0.15) is 12.1 Å². The van der Waals surface area contributed by atoms with Gasteiger partial charge in [0.2, 0.25) is 0 Å². The highest BCUT2D eigenvalue weighted by molar-refractivity contribution is 5.34. The number of aryl methyl sites for hydroxylation is 1. The highest BCUT2D eigenvalue weighted by Crippen LogP contribution is 2.18. The van der Waals surface area contributed by atoms with Crippen molar-refractivity contribution < 1.29 is 0 Å². The van der Waals surface area contributed by atoms with E-state index >= 15 is 0 Å². The van der Waals surface area contributed by atoms with Gasteiger partial charge < -0.3 is 10.6 Å². The van der Waals surface area contributed by atoms with E-state index in [0.717, 1.165) is 37.1 Å². The topological polar surface area (TPSA) is 49.8 Å². The van der Waals surface area contributed by atoms with Crippen LogP contribution in [0.3, 0.4) is 0 Å². The third-order valence-electron chi connectivity index (χ3n) is 2.47. The third-order valence-corrected chi connectivity index (χ3v) is 2.47. The molecule has 1 heterocycles. The van der Waals surface area contributed by atoms with Crippen LogP contribution in [0.1, 0.15) is 25.0 Å². The molecule has 1 aliphatic rings. The maximum Gasteiger partial charge on any atom is 0.129 e. The molecule has 0 radical (unpaired) electrons. The predicted molar refractivity (Wildman–Crippen MR) is 60.9 cm³/mol. The van der Waals surface area contributed by atoms with Crippen LogP contribution in [0, 0.1) is 6.92 Å². The Labute approximate surface area is 90.5 Å². The van der Waals surface area contributed by atoms with Gasteiger partial charge in [-0.15, -0.1) is 0 Å². The molecule has 15 heavy (non-hydrogen) atoms. The molecule has 0 atom stereocenters. The molecule has 1 aliphatic carbocycles. The molecule has 0 aromatic carbocycles. The van der Waals surface area contributed by atoms with Crippen LogP contribution in [-0.2, 0) is 0 Å². The van der Waals surface area contributed by atoms with Crippen molar-refractivity contribution in [2.45, 2.75) is 32.2 Å². The lowest BCUT2D eigenvalue weighted by Crippen LogP contribution is -2.20. The van der Waals surface area contributed by atoms with Crippen LogP contribution in [0.15, 0.2) is 12.4 Å². The largest absolute Gasteiger partial charge is 0.370 e. The molecule has 0 amide bonds. The quantitative estimate of drug-likeness (QED) is 0.690. The molecule has 2 rings (SSSR count). The summed E-state index contributed by atoms with van der Waals surface area (Å²) in [5.74, 6) is 0.925. The molecule has 4 heteroatoms. The Kier molecular flexibility index (Phi) is 3.50. The molecular formula is C11H18N4. The standard InChI is InChI=1S/C11H18N4/c1-9-7-11(15-8-14-9)13-6-2-5-12-10-3-4-10/h7-8,10,12H,2-6H2,1H3,(H,13,14,15). The Hall–Kier alpha value is -1.16. The Morgan fingerprint density at radius 1 is 1.33 bits per heavy atom. The maximum absolute atomic E-state index is 4.14. The molecule has 1 fully saturated rings. The second-order valence-corrected chi connectivity index (χ2v) is 4.05. The maximum atomic E-state index is 4.14. The summed E-state index contributed by atoms with van der Waals surface area (Å²) in [5, 5.41) is 6.77. The van der Waals surface area contributed by atoms with Crippen LogP contribution in [0.4, 0.5) is 5.82 Å². The molecule has 0 spiro atoms. The zero-order chi connectivity index (χ0) is 10.5. The average molecular weight is 206 g/mol. The average Bonchev–Trinajstić information content (AvgIpc) is 3.01. The van der Waals surface area contributed by atoms with Gasteiger partial charge in [-0.3, -0.25) is 0 Å². The van der Waals surface area contributed by atoms with Crippen molar-refractivity contribution >= 4 is 5.82 Å². The number of anilines is 1. The molecule has 1 saturated carbocycles. The zero-order valence-electron chi connectivity index (χ0n) is 9.16. The Morgan fingerprint density at radius 2 is 2.20 bits per heavy atom. The van der Waals surface area contributed by atoms with Gasteiger partial charge in [0.15, 0.2) is 0 Å². The SMILES string of the molecule is Cc1cc(NCCCNC2CC2)ncn1. The second kappa shape index (κ2) is 5.07. The lowest BCUT2D eigenvalue weighted by Gasteiger charge is -2.06. The normalized spacial score (nSPS) is 15.3. The first-order valence-corrected chi connectivity index (χ1v) is 5.60. The zero-order valence-corrected chi connectivity index (χ0v) is 9.16. The molecule has 82 valence electrons. The van der Waals surface area contributed by atoms with Crippen LogP contribution in [0.5, 0.6) is 0 Å². The van der Waals surface area contributed by atoms with Crippen molar-refractivity contribution in [3.63, 3.8) is 0 Å². The smallest absolute Gasteiger partial charge is 0.129 e. The van der Waals surface area contributed by atoms with Gasteiger partial charge in [-0.05, 0) is 32.7 Å². The number of hydrogen-bond donors (Lipinski definition) is 2. The van der Waals surface area contributed by atoms with Gasteiger partial charge in [0.05, 0.1) is 0 Å². The van der Waals surface area contributed by atoms with Gasteiger partial charge in [-0.2, -0.15) is 0 Å². The van der Waals surface area contributed by atoms with Crippen molar-refractivity contribution in [3.05, 3.63) is 18.1 Å². The molecule has 1 aromatic heterocycles. The van der Waals surface area contributed by atoms with Gasteiger partial charge in [0, 0.05) is 24.3 Å². The summed E-state index contributed by atoms with van der Waals surface area (Å²) in [6.45, 7) is 4.04. The first kappa shape index (κ1) is 10.4. The fraction of sp³-hybridized carbons (Fsp3) is 0.636. The molecule has 0 aliphatic heterocycles. The summed E-state index contributed by atoms with van der Waals surface area (Å²) in [6.07, 6.45) is 5.46. The molecule has 0 bridgehead atoms. The molecule has 0 saturated heterocycles. The van der Waals surface area contributed by atoms with Crippen molar-refractivity contribution in [2.75, 3.05) is 18.4 Å². The fourth-order valence-corrected chi connectivity index (χ4v) is 1.45. The Balaban J connectivity index is 1.60. The van der Waals surface area contributed by atoms with Gasteiger partial charge >= 0.3 is 0 Å². The number of rotatable bonds is 6. The monoisotopic (exact) mass is 206 g/mol. The van der Waals surface area contributed by atoms with Crippen molar-refractivity contribution in [1.82, 2.24) is 15.3 Å². The first-order valence-electron chi connectivity index (χ1n) is 5.60. The van der Waals surface area contributed by atoms with E-state index in [0.29, 0.717) is 0 Å². The fourth-order valence-electron chi connectivity index (χ4n) is 1.45. The molecule has 4 nitrogen and oxygen atoms in total. The van der Waals surface area contributed by atoms with E-state index < -0.39 is 0 Å². The van der Waals surface area contributed by atoms with E-state index in [-0.39, 0.29) is 0 Å². The van der Waals surface area contributed by atoms with E-state index in [1.165, 1.54) is 12.8 Å². The van der Waals surface area contributed by atoms with Crippen LogP contribution >= 0.6 is 0 Å². The van der Waals surface area contributed by atoms with Gasteiger partial charge in [-0.1, -0.05) is 0 Å². The van der Waals surface area contributed by atoms with Crippen molar-refractivity contribution in [2.24, 2.45) is 0 Å². The summed E-state index contributed by atoms with van der Waals surface area (Å²) in [4.78, 5) is 8.19. The summed E-state index contributed by atoms with van der Waals surface area (Å²) in [7, 11) is 0. The number of nitrogens with zero attached hydrogens (tertiary/aromatic N) is 2. The van der Waals surface area contributed by atoms with E-state index in [2.05, 4.69) is 20.6 Å². The van der Waals surface area contributed by atoms with Crippen LogP contribution in [0.2, 0.25) is 0 Å². The lowest BCUT2D eigenvalue weighted by atomic mass is 10.4. The number of hydrogen-bond acceptors (Lipinski definition) is 4. The highest BCUT2D eigenvalue weighted by Gasteiger charge is 2.19. The number of nitrogens with one attached hydrogen (secondary N) is 2. The molecule has 2 N–H and O–H groups in total. The Bertz CT molecular complexity index is 309. The van der Waals surface area contributed by atoms with E-state index in [1.54, 1.807) is 6.33 Å². The van der Waals surface area contributed by atoms with Crippen LogP contribution in [-0.4, -0.2) is 29.1 Å². The Morgan fingerprint density at radius 3 is 2.93 bits per heavy atom. The highest BCUT2D eigenvalue weighted by atomic mass is 15.0. The molecule has 1 aromatic rings. The minimum atomic E-state index is 0.811. The van der Waals surface area contributed by atoms with Gasteiger partial charge in [-0.25, -0.2) is 9.97 Å². The summed E-state index contributed by atoms with van der Waals surface area (Å²) in [5.41, 5.74) is 1.00. The molecular weight excluding hydrogens is 188 g/mol. The van der Waals surface area contributed by atoms with E-state index in [4.69, 9.17) is 0 Å².